The molecule has 0 radical (unpaired) electrons. The largest absolute Gasteiger partial charge is 0.346 e. The van der Waals surface area contributed by atoms with Gasteiger partial charge in [-0.15, -0.1) is 0 Å². The van der Waals surface area contributed by atoms with E-state index >= 15 is 0 Å². The first-order valence-electron chi connectivity index (χ1n) is 6.67. The zero-order chi connectivity index (χ0) is 14.0. The molecule has 5 nitrogen and oxygen atoms in total. The first-order valence-corrected chi connectivity index (χ1v) is 6.67. The number of hydrogen-bond acceptors (Lipinski definition) is 3. The van der Waals surface area contributed by atoms with E-state index in [2.05, 4.69) is 5.32 Å². The Kier molecular flexibility index (Phi) is 3.75. The molecule has 0 saturated heterocycles. The maximum atomic E-state index is 12.3. The van der Waals surface area contributed by atoms with E-state index in [1.165, 1.54) is 6.92 Å². The maximum Gasteiger partial charge on any atom is 0.268 e. The number of carbonyl (C=O) groups excluding carboxylic acids is 2. The second kappa shape index (κ2) is 5.17. The molecule has 0 aromatic carbocycles. The van der Waals surface area contributed by atoms with Crippen molar-refractivity contribution in [1.82, 2.24) is 9.88 Å². The molecule has 5 heteroatoms. The van der Waals surface area contributed by atoms with Gasteiger partial charge in [-0.2, -0.15) is 0 Å². The van der Waals surface area contributed by atoms with Gasteiger partial charge in [-0.25, -0.2) is 0 Å². The van der Waals surface area contributed by atoms with Gasteiger partial charge in [0.05, 0.1) is 5.54 Å². The lowest BCUT2D eigenvalue weighted by atomic mass is 9.97. The standard InChI is InChI=1S/C14H21N3O2/c1-10(18)11-7-12(17(2)8-11)13(19)16-14(9-15)5-3-4-6-14/h7-8H,3-6,9,15H2,1-2H3,(H,16,19). The molecular formula is C14H21N3O2. The fraction of sp³-hybridized carbons (Fsp3) is 0.571. The van der Waals surface area contributed by atoms with Crippen LogP contribution in [0.1, 0.15) is 53.5 Å². The van der Waals surface area contributed by atoms with Gasteiger partial charge < -0.3 is 15.6 Å². The van der Waals surface area contributed by atoms with Gasteiger partial charge in [-0.3, -0.25) is 9.59 Å². The van der Waals surface area contributed by atoms with Crippen LogP contribution < -0.4 is 11.1 Å². The summed E-state index contributed by atoms with van der Waals surface area (Å²) >= 11 is 0. The number of aromatic nitrogens is 1. The molecule has 1 aliphatic carbocycles. The van der Waals surface area contributed by atoms with Crippen molar-refractivity contribution in [2.75, 3.05) is 6.54 Å². The number of nitrogens with one attached hydrogen (secondary N) is 1. The highest BCUT2D eigenvalue weighted by Crippen LogP contribution is 2.29. The molecule has 1 amide bonds. The molecule has 1 fully saturated rings. The van der Waals surface area contributed by atoms with Crippen LogP contribution in [0.2, 0.25) is 0 Å². The average Bonchev–Trinajstić information content (AvgIpc) is 2.96. The van der Waals surface area contributed by atoms with Crippen LogP contribution in [0.4, 0.5) is 0 Å². The molecular weight excluding hydrogens is 242 g/mol. The highest BCUT2D eigenvalue weighted by atomic mass is 16.2. The van der Waals surface area contributed by atoms with Gasteiger partial charge in [0, 0.05) is 25.4 Å². The molecule has 0 unspecified atom stereocenters. The van der Waals surface area contributed by atoms with E-state index in [0.717, 1.165) is 25.7 Å². The highest BCUT2D eigenvalue weighted by molar-refractivity contribution is 5.99. The number of amides is 1. The van der Waals surface area contributed by atoms with Crippen LogP contribution >= 0.6 is 0 Å². The Hall–Kier alpha value is -1.62. The first-order chi connectivity index (χ1) is 8.97. The quantitative estimate of drug-likeness (QED) is 0.802. The molecule has 0 atom stereocenters. The summed E-state index contributed by atoms with van der Waals surface area (Å²) in [6, 6.07) is 1.64. The Morgan fingerprint density at radius 3 is 2.53 bits per heavy atom. The van der Waals surface area contributed by atoms with Crippen molar-refractivity contribution in [3.8, 4) is 0 Å². The van der Waals surface area contributed by atoms with Crippen molar-refractivity contribution >= 4 is 11.7 Å². The summed E-state index contributed by atoms with van der Waals surface area (Å²) in [6.07, 6.45) is 5.74. The van der Waals surface area contributed by atoms with Gasteiger partial charge in [-0.1, -0.05) is 12.8 Å². The van der Waals surface area contributed by atoms with Crippen LogP contribution in [0.25, 0.3) is 0 Å². The van der Waals surface area contributed by atoms with Crippen molar-refractivity contribution in [3.05, 3.63) is 23.5 Å². The smallest absolute Gasteiger partial charge is 0.268 e. The summed E-state index contributed by atoms with van der Waals surface area (Å²) in [6.45, 7) is 1.96. The Labute approximate surface area is 113 Å². The molecule has 0 aliphatic heterocycles. The minimum Gasteiger partial charge on any atom is -0.346 e. The van der Waals surface area contributed by atoms with E-state index in [0.29, 0.717) is 17.8 Å². The molecule has 2 rings (SSSR count). The Balaban J connectivity index is 2.18. The van der Waals surface area contributed by atoms with E-state index in [-0.39, 0.29) is 17.2 Å². The normalized spacial score (nSPS) is 17.4. The summed E-state index contributed by atoms with van der Waals surface area (Å²) < 4.78 is 1.69. The SMILES string of the molecule is CC(=O)c1cc(C(=O)NC2(CN)CCCC2)n(C)c1. The maximum absolute atomic E-state index is 12.3. The topological polar surface area (TPSA) is 77.1 Å². The van der Waals surface area contributed by atoms with Crippen LogP contribution in [-0.4, -0.2) is 28.3 Å². The molecule has 3 N–H and O–H groups in total. The number of Topliss-reactive ketones (excluding diaryl/α,β-unsaturated/α-hetero) is 1. The van der Waals surface area contributed by atoms with E-state index in [4.69, 9.17) is 5.73 Å². The van der Waals surface area contributed by atoms with Gasteiger partial charge in [0.25, 0.3) is 5.91 Å². The highest BCUT2D eigenvalue weighted by Gasteiger charge is 2.34. The number of ketones is 1. The van der Waals surface area contributed by atoms with Crippen LogP contribution in [0.5, 0.6) is 0 Å². The summed E-state index contributed by atoms with van der Waals surface area (Å²) in [7, 11) is 1.77. The number of nitrogens with two attached hydrogens (primary N) is 1. The van der Waals surface area contributed by atoms with Crippen LogP contribution in [-0.2, 0) is 7.05 Å². The van der Waals surface area contributed by atoms with Gasteiger partial charge >= 0.3 is 0 Å². The lowest BCUT2D eigenvalue weighted by Crippen LogP contribution is -2.51. The molecule has 1 saturated carbocycles. The van der Waals surface area contributed by atoms with E-state index in [9.17, 15) is 9.59 Å². The van der Waals surface area contributed by atoms with Crippen molar-refractivity contribution < 1.29 is 9.59 Å². The minimum absolute atomic E-state index is 0.0379. The van der Waals surface area contributed by atoms with Crippen molar-refractivity contribution in [3.63, 3.8) is 0 Å². The van der Waals surface area contributed by atoms with Gasteiger partial charge in [0.1, 0.15) is 5.69 Å². The predicted molar refractivity (Wildman–Crippen MR) is 73.1 cm³/mol. The number of aryl methyl sites for hydroxylation is 1. The number of carbonyl (C=O) groups is 2. The Morgan fingerprint density at radius 1 is 1.42 bits per heavy atom. The number of hydrogen-bond donors (Lipinski definition) is 2. The molecule has 1 heterocycles. The van der Waals surface area contributed by atoms with Gasteiger partial charge in [0.2, 0.25) is 0 Å². The lowest BCUT2D eigenvalue weighted by molar-refractivity contribution is 0.0894. The van der Waals surface area contributed by atoms with E-state index < -0.39 is 0 Å². The third-order valence-corrected chi connectivity index (χ3v) is 3.97. The zero-order valence-electron chi connectivity index (χ0n) is 11.5. The Bertz CT molecular complexity index is 499. The van der Waals surface area contributed by atoms with Gasteiger partial charge in [0.15, 0.2) is 5.78 Å². The van der Waals surface area contributed by atoms with Crippen molar-refractivity contribution in [1.29, 1.82) is 0 Å². The molecule has 1 aromatic heterocycles. The van der Waals surface area contributed by atoms with E-state index in [1.54, 1.807) is 23.9 Å². The predicted octanol–water partition coefficient (Wildman–Crippen LogP) is 1.23. The fourth-order valence-corrected chi connectivity index (χ4v) is 2.72. The summed E-state index contributed by atoms with van der Waals surface area (Å²) in [5.74, 6) is -0.189. The monoisotopic (exact) mass is 263 g/mol. The third-order valence-electron chi connectivity index (χ3n) is 3.97. The summed E-state index contributed by atoms with van der Waals surface area (Å²) in [5, 5.41) is 3.06. The number of rotatable bonds is 4. The zero-order valence-corrected chi connectivity index (χ0v) is 11.5. The Morgan fingerprint density at radius 2 is 2.05 bits per heavy atom. The van der Waals surface area contributed by atoms with Crippen LogP contribution in [0.15, 0.2) is 12.3 Å². The molecule has 0 spiro atoms. The van der Waals surface area contributed by atoms with Crippen LogP contribution in [0.3, 0.4) is 0 Å². The number of nitrogens with zero attached hydrogens (tertiary/aromatic N) is 1. The first kappa shape index (κ1) is 13.8. The molecule has 0 bridgehead atoms. The van der Waals surface area contributed by atoms with E-state index in [1.807, 2.05) is 0 Å². The van der Waals surface area contributed by atoms with Crippen LogP contribution in [0, 0.1) is 0 Å². The minimum atomic E-state index is -0.266. The molecule has 19 heavy (non-hydrogen) atoms. The van der Waals surface area contributed by atoms with Crippen molar-refractivity contribution in [2.45, 2.75) is 38.1 Å². The second-order valence-electron chi connectivity index (χ2n) is 5.43. The second-order valence-corrected chi connectivity index (χ2v) is 5.43. The summed E-state index contributed by atoms with van der Waals surface area (Å²) in [4.78, 5) is 23.7. The summed E-state index contributed by atoms with van der Waals surface area (Å²) in [5.41, 5.74) is 6.61. The van der Waals surface area contributed by atoms with Gasteiger partial charge in [-0.05, 0) is 25.8 Å². The molecule has 1 aliphatic rings. The molecule has 1 aromatic rings. The lowest BCUT2D eigenvalue weighted by Gasteiger charge is -2.28. The third kappa shape index (κ3) is 2.71. The average molecular weight is 263 g/mol. The molecule has 104 valence electrons. The van der Waals surface area contributed by atoms with Crippen molar-refractivity contribution in [2.24, 2.45) is 12.8 Å². The fourth-order valence-electron chi connectivity index (χ4n) is 2.72.